The maximum atomic E-state index is 9.18. The molecule has 0 aromatic rings. The molecule has 1 aliphatic heterocycles. The molecule has 1 heterocycles. The molecule has 4 N–H and O–H groups in total. The summed E-state index contributed by atoms with van der Waals surface area (Å²) in [6.45, 7) is 2.21. The summed E-state index contributed by atoms with van der Waals surface area (Å²) in [6, 6.07) is 0. The van der Waals surface area contributed by atoms with E-state index in [0.717, 1.165) is 13.8 Å². The minimum Gasteiger partial charge on any atom is -0.364 e. The van der Waals surface area contributed by atoms with Crippen LogP contribution < -0.4 is 0 Å². The Kier molecular flexibility index (Phi) is 2.15. The largest absolute Gasteiger partial charge is 0.364 e. The smallest absolute Gasteiger partial charge is 0.217 e. The lowest BCUT2D eigenvalue weighted by Crippen LogP contribution is -2.61. The summed E-state index contributed by atoms with van der Waals surface area (Å²) in [4.78, 5) is 0. The molecule has 6 heteroatoms. The van der Waals surface area contributed by atoms with Crippen molar-refractivity contribution in [2.75, 3.05) is 0 Å². The average molecular weight is 180 g/mol. The fourth-order valence-corrected chi connectivity index (χ4v) is 0.787. The van der Waals surface area contributed by atoms with E-state index in [4.69, 9.17) is 10.2 Å². The van der Waals surface area contributed by atoms with E-state index in [1.165, 1.54) is 0 Å². The number of aliphatic hydroxyl groups excluding tert-OH is 2. The monoisotopic (exact) mass is 180 g/mol. The fourth-order valence-electron chi connectivity index (χ4n) is 0.787. The molecule has 1 fully saturated rings. The standard InChI is InChI=1S/C6H12O6/c1-5(9)3(7)12-6(2,10)4(8)11-5/h3-4,7-10H,1-2H3. The molecule has 1 rings (SSSR count). The zero-order valence-electron chi connectivity index (χ0n) is 6.76. The van der Waals surface area contributed by atoms with Gasteiger partial charge in [-0.1, -0.05) is 0 Å². The van der Waals surface area contributed by atoms with Gasteiger partial charge in [0.25, 0.3) is 0 Å². The maximum Gasteiger partial charge on any atom is 0.217 e. The number of rotatable bonds is 0. The van der Waals surface area contributed by atoms with E-state index < -0.39 is 24.2 Å². The zero-order valence-corrected chi connectivity index (χ0v) is 6.76. The van der Waals surface area contributed by atoms with Gasteiger partial charge in [0.1, 0.15) is 0 Å². The van der Waals surface area contributed by atoms with Crippen LogP contribution in [0.4, 0.5) is 0 Å². The summed E-state index contributed by atoms with van der Waals surface area (Å²) in [7, 11) is 0. The quantitative estimate of drug-likeness (QED) is 0.347. The summed E-state index contributed by atoms with van der Waals surface area (Å²) in [6.07, 6.45) is -3.40. The Balaban J connectivity index is 2.76. The van der Waals surface area contributed by atoms with E-state index in [1.807, 2.05) is 0 Å². The van der Waals surface area contributed by atoms with Gasteiger partial charge < -0.3 is 29.9 Å². The van der Waals surface area contributed by atoms with Gasteiger partial charge in [-0.25, -0.2) is 0 Å². The number of hydrogen-bond acceptors (Lipinski definition) is 6. The molecule has 0 saturated carbocycles. The summed E-state index contributed by atoms with van der Waals surface area (Å²) >= 11 is 0. The lowest BCUT2D eigenvalue weighted by Gasteiger charge is -2.43. The first kappa shape index (κ1) is 9.85. The van der Waals surface area contributed by atoms with Gasteiger partial charge in [0, 0.05) is 0 Å². The first-order chi connectivity index (χ1) is 5.26. The van der Waals surface area contributed by atoms with Crippen molar-refractivity contribution in [2.45, 2.75) is 38.0 Å². The second kappa shape index (κ2) is 2.63. The Morgan fingerprint density at radius 2 is 1.17 bits per heavy atom. The third-order valence-electron chi connectivity index (χ3n) is 1.62. The van der Waals surface area contributed by atoms with E-state index in [9.17, 15) is 10.2 Å². The van der Waals surface area contributed by atoms with E-state index >= 15 is 0 Å². The Morgan fingerprint density at radius 3 is 1.42 bits per heavy atom. The number of aliphatic hydroxyl groups is 4. The minimum absolute atomic E-state index is 1.11. The van der Waals surface area contributed by atoms with Crippen LogP contribution in [0, 0.1) is 0 Å². The summed E-state index contributed by atoms with van der Waals surface area (Å²) < 4.78 is 8.97. The Hall–Kier alpha value is -0.240. The van der Waals surface area contributed by atoms with Crippen LogP contribution >= 0.6 is 0 Å². The van der Waals surface area contributed by atoms with Crippen molar-refractivity contribution >= 4 is 0 Å². The second-order valence-electron chi connectivity index (χ2n) is 3.05. The molecule has 6 nitrogen and oxygen atoms in total. The van der Waals surface area contributed by atoms with Crippen LogP contribution in [-0.4, -0.2) is 44.6 Å². The van der Waals surface area contributed by atoms with Crippen LogP contribution in [0.25, 0.3) is 0 Å². The molecule has 0 radical (unpaired) electrons. The maximum absolute atomic E-state index is 9.18. The van der Waals surface area contributed by atoms with E-state index in [2.05, 4.69) is 9.47 Å². The van der Waals surface area contributed by atoms with Gasteiger partial charge in [-0.15, -0.1) is 0 Å². The molecule has 0 aliphatic carbocycles. The van der Waals surface area contributed by atoms with Crippen LogP contribution in [0.15, 0.2) is 0 Å². The van der Waals surface area contributed by atoms with Gasteiger partial charge in [0.05, 0.1) is 0 Å². The molecule has 72 valence electrons. The molecule has 1 aliphatic rings. The van der Waals surface area contributed by atoms with Crippen LogP contribution in [0.5, 0.6) is 0 Å². The summed E-state index contributed by atoms with van der Waals surface area (Å²) in [5.74, 6) is -4.02. The fraction of sp³-hybridized carbons (Fsp3) is 1.00. The molecular weight excluding hydrogens is 168 g/mol. The molecule has 1 saturated heterocycles. The van der Waals surface area contributed by atoms with Gasteiger partial charge in [-0.2, -0.15) is 0 Å². The molecule has 0 bridgehead atoms. The molecule has 12 heavy (non-hydrogen) atoms. The van der Waals surface area contributed by atoms with E-state index in [0.29, 0.717) is 0 Å². The molecule has 0 aromatic carbocycles. The highest BCUT2D eigenvalue weighted by molar-refractivity contribution is 4.77. The highest BCUT2D eigenvalue weighted by atomic mass is 16.8. The normalized spacial score (nSPS) is 55.5. The predicted octanol–water partition coefficient (Wildman–Crippen LogP) is -1.91. The van der Waals surface area contributed by atoms with Crippen molar-refractivity contribution in [1.29, 1.82) is 0 Å². The third-order valence-corrected chi connectivity index (χ3v) is 1.62. The third kappa shape index (κ3) is 1.58. The van der Waals surface area contributed by atoms with Gasteiger partial charge >= 0.3 is 0 Å². The Labute approximate surface area is 69.0 Å². The summed E-state index contributed by atoms with van der Waals surface area (Å²) in [5, 5.41) is 36.4. The highest BCUT2D eigenvalue weighted by Crippen LogP contribution is 2.29. The second-order valence-corrected chi connectivity index (χ2v) is 3.05. The van der Waals surface area contributed by atoms with Crippen molar-refractivity contribution in [1.82, 2.24) is 0 Å². The van der Waals surface area contributed by atoms with Crippen molar-refractivity contribution in [2.24, 2.45) is 0 Å². The van der Waals surface area contributed by atoms with Gasteiger partial charge in [0.15, 0.2) is 0 Å². The van der Waals surface area contributed by atoms with Crippen molar-refractivity contribution in [3.05, 3.63) is 0 Å². The molecule has 4 unspecified atom stereocenters. The zero-order chi connectivity index (χ0) is 9.57. The van der Waals surface area contributed by atoms with E-state index in [1.54, 1.807) is 0 Å². The van der Waals surface area contributed by atoms with Crippen LogP contribution in [0.1, 0.15) is 13.8 Å². The lowest BCUT2D eigenvalue weighted by molar-refractivity contribution is -0.483. The topological polar surface area (TPSA) is 99.4 Å². The molecular formula is C6H12O6. The molecule has 0 amide bonds. The molecule has 4 atom stereocenters. The first-order valence-corrected chi connectivity index (χ1v) is 3.42. The van der Waals surface area contributed by atoms with Gasteiger partial charge in [0.2, 0.25) is 24.2 Å². The van der Waals surface area contributed by atoms with Gasteiger partial charge in [-0.05, 0) is 13.8 Å². The summed E-state index contributed by atoms with van der Waals surface area (Å²) in [5.41, 5.74) is 0. The lowest BCUT2D eigenvalue weighted by atomic mass is 10.2. The SMILES string of the molecule is CC1(O)OC(O)C(C)(O)OC1O. The molecule has 0 spiro atoms. The van der Waals surface area contributed by atoms with Gasteiger partial charge in [-0.3, -0.25) is 0 Å². The van der Waals surface area contributed by atoms with Crippen LogP contribution in [0.3, 0.4) is 0 Å². The van der Waals surface area contributed by atoms with E-state index in [-0.39, 0.29) is 0 Å². The molecule has 0 aromatic heterocycles. The van der Waals surface area contributed by atoms with Crippen molar-refractivity contribution in [3.8, 4) is 0 Å². The average Bonchev–Trinajstić information content (AvgIpc) is 1.82. The number of ether oxygens (including phenoxy) is 2. The minimum atomic E-state index is -2.01. The van der Waals surface area contributed by atoms with Crippen molar-refractivity contribution < 1.29 is 29.9 Å². The Bertz CT molecular complexity index is 157. The predicted molar refractivity (Wildman–Crippen MR) is 35.4 cm³/mol. The number of hydrogen-bond donors (Lipinski definition) is 4. The highest BCUT2D eigenvalue weighted by Gasteiger charge is 2.50. The van der Waals surface area contributed by atoms with Crippen LogP contribution in [-0.2, 0) is 9.47 Å². The first-order valence-electron chi connectivity index (χ1n) is 3.42. The Morgan fingerprint density at radius 1 is 0.917 bits per heavy atom. The van der Waals surface area contributed by atoms with Crippen molar-refractivity contribution in [3.63, 3.8) is 0 Å². The van der Waals surface area contributed by atoms with Crippen LogP contribution in [0.2, 0.25) is 0 Å².